The number of hydrogen-bond acceptors (Lipinski definition) is 6. The minimum Gasteiger partial charge on any atom is -0.497 e. The predicted octanol–water partition coefficient (Wildman–Crippen LogP) is 1.72. The van der Waals surface area contributed by atoms with Gasteiger partial charge in [0.1, 0.15) is 11.8 Å². The van der Waals surface area contributed by atoms with Crippen LogP contribution in [0.2, 0.25) is 0 Å². The van der Waals surface area contributed by atoms with E-state index in [0.717, 1.165) is 15.7 Å². The molecule has 9 heteroatoms. The highest BCUT2D eigenvalue weighted by atomic mass is 32.2. The SMILES string of the molecule is COc1ccc(N2CCN(C(=O)[C@@H]3CCC(=O)N3S(=O)(=O)c3ccccc3)CC2)cc1. The number of anilines is 1. The quantitative estimate of drug-likeness (QED) is 0.700. The monoisotopic (exact) mass is 443 g/mol. The van der Waals surface area contributed by atoms with Crippen molar-refractivity contribution in [2.24, 2.45) is 0 Å². The Labute approximate surface area is 182 Å². The van der Waals surface area contributed by atoms with E-state index in [1.807, 2.05) is 24.3 Å². The second-order valence-electron chi connectivity index (χ2n) is 7.57. The Balaban J connectivity index is 1.46. The molecule has 0 saturated carbocycles. The summed E-state index contributed by atoms with van der Waals surface area (Å²) in [4.78, 5) is 29.5. The standard InChI is InChI=1S/C22H25N3O5S/c1-30-18-9-7-17(8-10-18)23-13-15-24(16-14-23)22(27)20-11-12-21(26)25(20)31(28,29)19-5-3-2-4-6-19/h2-10,20H,11-16H2,1H3/t20-/m0/s1. The number of rotatable bonds is 5. The Bertz CT molecular complexity index is 1050. The predicted molar refractivity (Wildman–Crippen MR) is 115 cm³/mol. The van der Waals surface area contributed by atoms with Gasteiger partial charge in [0.2, 0.25) is 11.8 Å². The highest BCUT2D eigenvalue weighted by Crippen LogP contribution is 2.29. The summed E-state index contributed by atoms with van der Waals surface area (Å²) in [5.41, 5.74) is 1.04. The number of methoxy groups -OCH3 is 1. The molecule has 2 aliphatic heterocycles. The lowest BCUT2D eigenvalue weighted by Gasteiger charge is -2.38. The summed E-state index contributed by atoms with van der Waals surface area (Å²) in [6.07, 6.45) is 0.261. The summed E-state index contributed by atoms with van der Waals surface area (Å²) >= 11 is 0. The third kappa shape index (κ3) is 4.10. The average molecular weight is 444 g/mol. The van der Waals surface area contributed by atoms with Gasteiger partial charge in [0.15, 0.2) is 0 Å². The minimum absolute atomic E-state index is 0.0207. The first-order chi connectivity index (χ1) is 14.9. The van der Waals surface area contributed by atoms with Crippen molar-refractivity contribution in [3.8, 4) is 5.75 Å². The molecule has 8 nitrogen and oxygen atoms in total. The fraction of sp³-hybridized carbons (Fsp3) is 0.364. The van der Waals surface area contributed by atoms with Crippen LogP contribution in [-0.4, -0.2) is 68.8 Å². The van der Waals surface area contributed by atoms with Crippen LogP contribution in [0, 0.1) is 0 Å². The molecule has 2 heterocycles. The lowest BCUT2D eigenvalue weighted by Crippen LogP contribution is -2.55. The smallest absolute Gasteiger partial charge is 0.267 e. The highest BCUT2D eigenvalue weighted by molar-refractivity contribution is 7.89. The zero-order chi connectivity index (χ0) is 22.0. The number of nitrogens with zero attached hydrogens (tertiary/aromatic N) is 3. The number of amides is 2. The molecule has 2 amide bonds. The number of sulfonamides is 1. The molecule has 2 saturated heterocycles. The van der Waals surface area contributed by atoms with Gasteiger partial charge in [-0.3, -0.25) is 9.59 Å². The summed E-state index contributed by atoms with van der Waals surface area (Å²) in [5, 5.41) is 0. The van der Waals surface area contributed by atoms with Crippen LogP contribution in [0.15, 0.2) is 59.5 Å². The number of ether oxygens (including phenoxy) is 1. The molecule has 0 radical (unpaired) electrons. The maximum absolute atomic E-state index is 13.2. The molecule has 0 aromatic heterocycles. The summed E-state index contributed by atoms with van der Waals surface area (Å²) in [7, 11) is -2.45. The van der Waals surface area contributed by atoms with E-state index in [1.54, 1.807) is 30.2 Å². The molecule has 4 rings (SSSR count). The van der Waals surface area contributed by atoms with E-state index in [1.165, 1.54) is 12.1 Å². The Kier molecular flexibility index (Phi) is 5.86. The second kappa shape index (κ2) is 8.58. The van der Waals surface area contributed by atoms with Crippen LogP contribution in [-0.2, 0) is 19.6 Å². The maximum Gasteiger partial charge on any atom is 0.267 e. The van der Waals surface area contributed by atoms with Crippen molar-refractivity contribution in [1.82, 2.24) is 9.21 Å². The molecular formula is C22H25N3O5S. The van der Waals surface area contributed by atoms with E-state index in [9.17, 15) is 18.0 Å². The first-order valence-electron chi connectivity index (χ1n) is 10.2. The third-order valence-electron chi connectivity index (χ3n) is 5.77. The van der Waals surface area contributed by atoms with Crippen molar-refractivity contribution in [1.29, 1.82) is 0 Å². The van der Waals surface area contributed by atoms with Crippen LogP contribution in [0.1, 0.15) is 12.8 Å². The van der Waals surface area contributed by atoms with Crippen molar-refractivity contribution >= 4 is 27.5 Å². The summed E-state index contributed by atoms with van der Waals surface area (Å²) in [6.45, 7) is 2.19. The van der Waals surface area contributed by atoms with Gasteiger partial charge in [0, 0.05) is 38.3 Å². The lowest BCUT2D eigenvalue weighted by atomic mass is 10.1. The molecular weight excluding hydrogens is 418 g/mol. The fourth-order valence-corrected chi connectivity index (χ4v) is 5.70. The first-order valence-corrected chi connectivity index (χ1v) is 11.7. The fourth-order valence-electron chi connectivity index (χ4n) is 4.08. The van der Waals surface area contributed by atoms with Gasteiger partial charge in [-0.25, -0.2) is 12.7 Å². The second-order valence-corrected chi connectivity index (χ2v) is 9.39. The van der Waals surface area contributed by atoms with Gasteiger partial charge in [-0.15, -0.1) is 0 Å². The van der Waals surface area contributed by atoms with Crippen LogP contribution < -0.4 is 9.64 Å². The average Bonchev–Trinajstić information content (AvgIpc) is 3.21. The Morgan fingerprint density at radius 3 is 2.23 bits per heavy atom. The molecule has 2 aromatic carbocycles. The molecule has 31 heavy (non-hydrogen) atoms. The molecule has 0 aliphatic carbocycles. The van der Waals surface area contributed by atoms with Crippen LogP contribution in [0.4, 0.5) is 5.69 Å². The summed E-state index contributed by atoms with van der Waals surface area (Å²) < 4.78 is 32.1. The van der Waals surface area contributed by atoms with Crippen molar-refractivity contribution in [2.75, 3.05) is 38.2 Å². The van der Waals surface area contributed by atoms with Gasteiger partial charge in [-0.05, 0) is 42.8 Å². The molecule has 0 unspecified atom stereocenters. The van der Waals surface area contributed by atoms with E-state index in [4.69, 9.17) is 4.74 Å². The van der Waals surface area contributed by atoms with E-state index < -0.39 is 22.0 Å². The van der Waals surface area contributed by atoms with Crippen LogP contribution in [0.25, 0.3) is 0 Å². The number of piperazine rings is 1. The van der Waals surface area contributed by atoms with Gasteiger partial charge in [0.05, 0.1) is 12.0 Å². The number of carbonyl (C=O) groups excluding carboxylic acids is 2. The van der Waals surface area contributed by atoms with Gasteiger partial charge >= 0.3 is 0 Å². The molecule has 164 valence electrons. The molecule has 0 bridgehead atoms. The van der Waals surface area contributed by atoms with Crippen LogP contribution in [0.5, 0.6) is 5.75 Å². The molecule has 0 N–H and O–H groups in total. The third-order valence-corrected chi connectivity index (χ3v) is 7.62. The maximum atomic E-state index is 13.2. The lowest BCUT2D eigenvalue weighted by molar-refractivity contribution is -0.138. The van der Waals surface area contributed by atoms with Gasteiger partial charge in [-0.1, -0.05) is 18.2 Å². The van der Waals surface area contributed by atoms with Crippen LogP contribution in [0.3, 0.4) is 0 Å². The van der Waals surface area contributed by atoms with E-state index in [2.05, 4.69) is 4.90 Å². The molecule has 1 atom stereocenters. The zero-order valence-electron chi connectivity index (χ0n) is 17.3. The van der Waals surface area contributed by atoms with Crippen molar-refractivity contribution in [3.05, 3.63) is 54.6 Å². The van der Waals surface area contributed by atoms with E-state index in [-0.39, 0.29) is 23.6 Å². The van der Waals surface area contributed by atoms with Crippen LogP contribution >= 0.6 is 0 Å². The topological polar surface area (TPSA) is 87.2 Å². The molecule has 2 aliphatic rings. The Hall–Kier alpha value is -3.07. The summed E-state index contributed by atoms with van der Waals surface area (Å²) in [5.74, 6) is -0.0537. The molecule has 2 fully saturated rings. The number of hydrogen-bond donors (Lipinski definition) is 0. The van der Waals surface area contributed by atoms with Gasteiger partial charge < -0.3 is 14.5 Å². The Morgan fingerprint density at radius 1 is 0.968 bits per heavy atom. The van der Waals surface area contributed by atoms with Crippen molar-refractivity contribution in [2.45, 2.75) is 23.8 Å². The van der Waals surface area contributed by atoms with E-state index >= 15 is 0 Å². The summed E-state index contributed by atoms with van der Waals surface area (Å²) in [6, 6.07) is 14.5. The normalized spacial score (nSPS) is 19.6. The van der Waals surface area contributed by atoms with Crippen molar-refractivity contribution < 1.29 is 22.7 Å². The number of carbonyl (C=O) groups is 2. The molecule has 0 spiro atoms. The minimum atomic E-state index is -4.07. The van der Waals surface area contributed by atoms with E-state index in [0.29, 0.717) is 26.2 Å². The largest absolute Gasteiger partial charge is 0.497 e. The number of benzene rings is 2. The van der Waals surface area contributed by atoms with Gasteiger partial charge in [-0.2, -0.15) is 0 Å². The first kappa shape index (κ1) is 21.2. The van der Waals surface area contributed by atoms with Crippen molar-refractivity contribution in [3.63, 3.8) is 0 Å². The van der Waals surface area contributed by atoms with Gasteiger partial charge in [0.25, 0.3) is 10.0 Å². The highest BCUT2D eigenvalue weighted by Gasteiger charge is 2.45. The zero-order valence-corrected chi connectivity index (χ0v) is 18.1. The molecule has 2 aromatic rings. The Morgan fingerprint density at radius 2 is 1.61 bits per heavy atom.